The van der Waals surface area contributed by atoms with Crippen molar-refractivity contribution < 1.29 is 14.3 Å². The molecule has 0 bridgehead atoms. The van der Waals surface area contributed by atoms with E-state index in [9.17, 15) is 9.59 Å². The van der Waals surface area contributed by atoms with Crippen LogP contribution in [-0.2, 0) is 22.4 Å². The first-order valence-corrected chi connectivity index (χ1v) is 13.1. The van der Waals surface area contributed by atoms with Crippen molar-refractivity contribution in [1.82, 2.24) is 9.97 Å². The van der Waals surface area contributed by atoms with Gasteiger partial charge in [0.1, 0.15) is 10.7 Å². The van der Waals surface area contributed by atoms with E-state index >= 15 is 0 Å². The van der Waals surface area contributed by atoms with Gasteiger partial charge in [0.05, 0.1) is 17.9 Å². The number of carbonyl (C=O) groups is 2. The zero-order chi connectivity index (χ0) is 24.6. The average molecular weight is 496 g/mol. The fourth-order valence-corrected chi connectivity index (χ4v) is 5.85. The molecule has 0 unspecified atom stereocenters. The maximum Gasteiger partial charge on any atom is 0.355 e. The number of aromatic nitrogens is 2. The van der Waals surface area contributed by atoms with E-state index in [1.165, 1.54) is 0 Å². The van der Waals surface area contributed by atoms with E-state index in [1.807, 2.05) is 47.9 Å². The number of nitrogens with one attached hydrogen (secondary N) is 2. The first-order chi connectivity index (χ1) is 17.6. The minimum Gasteiger partial charge on any atom is -0.461 e. The molecule has 1 aliphatic carbocycles. The number of carbonyl (C=O) groups excluding carboxylic acids is 2. The molecular formula is C29H25N3O3S. The third-order valence-electron chi connectivity index (χ3n) is 6.75. The Kier molecular flexibility index (Phi) is 5.77. The second kappa shape index (κ2) is 9.24. The number of ether oxygens (including phenoxy) is 1. The Labute approximate surface area is 213 Å². The lowest BCUT2D eigenvalue weighted by Crippen LogP contribution is -2.10. The van der Waals surface area contributed by atoms with Crippen LogP contribution in [0.25, 0.3) is 33.5 Å². The number of esters is 1. The highest BCUT2D eigenvalue weighted by atomic mass is 32.1. The summed E-state index contributed by atoms with van der Waals surface area (Å²) in [6, 6.07) is 16.0. The Balaban J connectivity index is 1.39. The normalized spacial score (nSPS) is 15.5. The third-order valence-corrected chi connectivity index (χ3v) is 7.64. The minimum absolute atomic E-state index is 0.151. The van der Waals surface area contributed by atoms with Gasteiger partial charge in [-0.1, -0.05) is 36.4 Å². The maximum absolute atomic E-state index is 13.0. The van der Waals surface area contributed by atoms with Gasteiger partial charge >= 0.3 is 5.97 Å². The SMILES string of the molecule is CCOC(=O)c1[nH]c(/C=C2\C(=O)Nc3ccc(-c4csc(-c5ccccc5)n4)cc32)c2c1CCCC2. The summed E-state index contributed by atoms with van der Waals surface area (Å²) >= 11 is 1.60. The second-order valence-corrected chi connectivity index (χ2v) is 9.83. The van der Waals surface area contributed by atoms with E-state index in [0.29, 0.717) is 17.9 Å². The molecule has 2 aromatic heterocycles. The number of anilines is 1. The van der Waals surface area contributed by atoms with E-state index in [2.05, 4.69) is 22.4 Å². The number of fused-ring (bicyclic) bond motifs is 2. The molecule has 0 atom stereocenters. The van der Waals surface area contributed by atoms with Crippen LogP contribution in [0.1, 0.15) is 52.6 Å². The molecule has 6 rings (SSSR count). The predicted molar refractivity (Wildman–Crippen MR) is 143 cm³/mol. The van der Waals surface area contributed by atoms with Crippen LogP contribution in [0.15, 0.2) is 53.9 Å². The smallest absolute Gasteiger partial charge is 0.355 e. The fraction of sp³-hybridized carbons (Fsp3) is 0.207. The first-order valence-electron chi connectivity index (χ1n) is 12.2. The van der Waals surface area contributed by atoms with Crippen molar-refractivity contribution >= 4 is 40.5 Å². The molecule has 0 saturated carbocycles. The Morgan fingerprint density at radius 3 is 2.69 bits per heavy atom. The van der Waals surface area contributed by atoms with E-state index in [1.54, 1.807) is 18.3 Å². The van der Waals surface area contributed by atoms with Crippen molar-refractivity contribution in [2.24, 2.45) is 0 Å². The highest BCUT2D eigenvalue weighted by molar-refractivity contribution is 7.13. The maximum atomic E-state index is 13.0. The molecule has 36 heavy (non-hydrogen) atoms. The first kappa shape index (κ1) is 22.5. The second-order valence-electron chi connectivity index (χ2n) is 8.97. The summed E-state index contributed by atoms with van der Waals surface area (Å²) < 4.78 is 5.28. The molecule has 0 radical (unpaired) electrons. The lowest BCUT2D eigenvalue weighted by molar-refractivity contribution is -0.110. The highest BCUT2D eigenvalue weighted by Crippen LogP contribution is 2.39. The summed E-state index contributed by atoms with van der Waals surface area (Å²) in [5, 5.41) is 5.98. The summed E-state index contributed by atoms with van der Waals surface area (Å²) in [7, 11) is 0. The summed E-state index contributed by atoms with van der Waals surface area (Å²) in [4.78, 5) is 33.7. The molecule has 6 nitrogen and oxygen atoms in total. The number of hydrogen-bond donors (Lipinski definition) is 2. The molecule has 3 heterocycles. The number of hydrogen-bond acceptors (Lipinski definition) is 5. The molecule has 2 aromatic carbocycles. The van der Waals surface area contributed by atoms with Crippen molar-refractivity contribution in [3.05, 3.63) is 82.0 Å². The van der Waals surface area contributed by atoms with Crippen molar-refractivity contribution in [2.45, 2.75) is 32.6 Å². The zero-order valence-electron chi connectivity index (χ0n) is 19.9. The Morgan fingerprint density at radius 1 is 1.08 bits per heavy atom. The van der Waals surface area contributed by atoms with Crippen LogP contribution < -0.4 is 5.32 Å². The van der Waals surface area contributed by atoms with E-state index in [4.69, 9.17) is 9.72 Å². The van der Waals surface area contributed by atoms with Crippen molar-refractivity contribution in [3.63, 3.8) is 0 Å². The van der Waals surface area contributed by atoms with Crippen LogP contribution in [0.4, 0.5) is 5.69 Å². The summed E-state index contributed by atoms with van der Waals surface area (Å²) in [6.45, 7) is 2.13. The van der Waals surface area contributed by atoms with Gasteiger partial charge in [-0.2, -0.15) is 0 Å². The van der Waals surface area contributed by atoms with Gasteiger partial charge in [0.25, 0.3) is 5.91 Å². The van der Waals surface area contributed by atoms with Gasteiger partial charge < -0.3 is 15.0 Å². The Morgan fingerprint density at radius 2 is 1.89 bits per heavy atom. The number of nitrogens with zero attached hydrogens (tertiary/aromatic N) is 1. The van der Waals surface area contributed by atoms with Crippen molar-refractivity contribution in [2.75, 3.05) is 11.9 Å². The molecular weight excluding hydrogens is 470 g/mol. The summed E-state index contributed by atoms with van der Waals surface area (Å²) in [5.74, 6) is -0.487. The average Bonchev–Trinajstić information content (AvgIpc) is 3.61. The molecule has 180 valence electrons. The lowest BCUT2D eigenvalue weighted by Gasteiger charge is -2.13. The van der Waals surface area contributed by atoms with E-state index < -0.39 is 0 Å². The van der Waals surface area contributed by atoms with Crippen molar-refractivity contribution in [3.8, 4) is 21.8 Å². The fourth-order valence-electron chi connectivity index (χ4n) is 5.02. The number of rotatable bonds is 5. The number of amides is 1. The van der Waals surface area contributed by atoms with Gasteiger partial charge in [0.2, 0.25) is 0 Å². The van der Waals surface area contributed by atoms with E-state index in [0.717, 1.165) is 75.6 Å². The highest BCUT2D eigenvalue weighted by Gasteiger charge is 2.28. The number of H-pyrrole nitrogens is 1. The molecule has 1 amide bonds. The van der Waals surface area contributed by atoms with Crippen LogP contribution in [0.2, 0.25) is 0 Å². The lowest BCUT2D eigenvalue weighted by atomic mass is 9.91. The van der Waals surface area contributed by atoms with Crippen LogP contribution >= 0.6 is 11.3 Å². The van der Waals surface area contributed by atoms with Gasteiger partial charge in [-0.15, -0.1) is 11.3 Å². The van der Waals surface area contributed by atoms with E-state index in [-0.39, 0.29) is 11.9 Å². The zero-order valence-corrected chi connectivity index (χ0v) is 20.7. The minimum atomic E-state index is -0.336. The number of benzene rings is 2. The predicted octanol–water partition coefficient (Wildman–Crippen LogP) is 6.35. The van der Waals surface area contributed by atoms with Crippen molar-refractivity contribution in [1.29, 1.82) is 0 Å². The van der Waals surface area contributed by atoms with Crippen LogP contribution in [0.5, 0.6) is 0 Å². The van der Waals surface area contributed by atoms with Crippen LogP contribution in [0.3, 0.4) is 0 Å². The molecule has 0 spiro atoms. The quantitative estimate of drug-likeness (QED) is 0.249. The molecule has 0 fully saturated rings. The number of aromatic amines is 1. The third kappa shape index (κ3) is 3.95. The molecule has 1 aliphatic heterocycles. The molecule has 4 aromatic rings. The van der Waals surface area contributed by atoms with Gasteiger partial charge in [-0.05, 0) is 61.9 Å². The summed E-state index contributed by atoms with van der Waals surface area (Å²) in [5.41, 5.74) is 8.58. The van der Waals surface area contributed by atoms with Gasteiger partial charge in [-0.25, -0.2) is 9.78 Å². The molecule has 2 N–H and O–H groups in total. The molecule has 0 saturated heterocycles. The van der Waals surface area contributed by atoms with Crippen LogP contribution in [0, 0.1) is 0 Å². The number of thiazole rings is 1. The summed E-state index contributed by atoms with van der Waals surface area (Å²) in [6.07, 6.45) is 5.69. The Hall–Kier alpha value is -3.97. The van der Waals surface area contributed by atoms with Gasteiger partial charge in [0.15, 0.2) is 0 Å². The molecule has 7 heteroatoms. The molecule has 2 aliphatic rings. The topological polar surface area (TPSA) is 84.1 Å². The monoisotopic (exact) mass is 495 g/mol. The Bertz CT molecular complexity index is 1510. The van der Waals surface area contributed by atoms with Gasteiger partial charge in [-0.3, -0.25) is 4.79 Å². The standard InChI is InChI=1S/C29H25N3O3S/c1-2-35-29(34)26-20-11-7-6-10-19(20)24(30-26)15-22-21-14-18(12-13-23(21)31-27(22)33)25-16-36-28(32-25)17-8-4-3-5-9-17/h3-5,8-9,12-16,30H,2,6-7,10-11H2,1H3,(H,31,33)/b22-15-. The van der Waals surface area contributed by atoms with Crippen LogP contribution in [-0.4, -0.2) is 28.5 Å². The largest absolute Gasteiger partial charge is 0.461 e. The van der Waals surface area contributed by atoms with Gasteiger partial charge in [0, 0.05) is 33.5 Å².